The van der Waals surface area contributed by atoms with E-state index in [1.165, 1.54) is 35.9 Å². The highest BCUT2D eigenvalue weighted by Crippen LogP contribution is 2.50. The van der Waals surface area contributed by atoms with Gasteiger partial charge in [0.15, 0.2) is 0 Å². The summed E-state index contributed by atoms with van der Waals surface area (Å²) < 4.78 is 0.731. The molecule has 2 aliphatic heterocycles. The zero-order valence-electron chi connectivity index (χ0n) is 12.9. The molecule has 1 amide bonds. The zero-order valence-corrected chi connectivity index (χ0v) is 15.4. The summed E-state index contributed by atoms with van der Waals surface area (Å²) in [6.45, 7) is 0. The number of rotatable bonds is 1. The summed E-state index contributed by atoms with van der Waals surface area (Å²) in [6.07, 6.45) is 5.85. The van der Waals surface area contributed by atoms with Crippen molar-refractivity contribution in [1.82, 2.24) is 4.90 Å². The summed E-state index contributed by atoms with van der Waals surface area (Å²) in [5.74, 6) is 0.106. The van der Waals surface area contributed by atoms with Crippen LogP contribution in [0, 0.1) is 0 Å². The van der Waals surface area contributed by atoms with Crippen LogP contribution in [0.15, 0.2) is 39.1 Å². The van der Waals surface area contributed by atoms with Gasteiger partial charge in [-0.25, -0.2) is 0 Å². The topological polar surface area (TPSA) is 23.6 Å². The second-order valence-corrected chi connectivity index (χ2v) is 8.77. The molecule has 3 aliphatic rings. The number of hydrogen-bond acceptors (Lipinski definition) is 5. The second-order valence-electron chi connectivity index (χ2n) is 6.10. The number of carbonyl (C=O) groups excluding carboxylic acids is 1. The first-order valence-electron chi connectivity index (χ1n) is 7.97. The van der Waals surface area contributed by atoms with Gasteiger partial charge < -0.3 is 4.90 Å². The average molecular weight is 363 g/mol. The van der Waals surface area contributed by atoms with Gasteiger partial charge in [0.25, 0.3) is 5.91 Å². The highest BCUT2D eigenvalue weighted by atomic mass is 32.2. The van der Waals surface area contributed by atoms with E-state index in [9.17, 15) is 4.79 Å². The van der Waals surface area contributed by atoms with Crippen molar-refractivity contribution >= 4 is 51.7 Å². The Hall–Kier alpha value is -0.980. The van der Waals surface area contributed by atoms with Crippen molar-refractivity contribution in [2.45, 2.75) is 43.0 Å². The van der Waals surface area contributed by atoms with E-state index >= 15 is 0 Å². The Kier molecular flexibility index (Phi) is 4.15. The molecule has 0 N–H and O–H groups in total. The molecule has 0 atom stereocenters. The largest absolute Gasteiger partial charge is 0.337 e. The first kappa shape index (κ1) is 15.5. The lowest BCUT2D eigenvalue weighted by molar-refractivity contribution is -0.124. The van der Waals surface area contributed by atoms with Crippen molar-refractivity contribution in [3.05, 3.63) is 34.2 Å². The average Bonchev–Trinajstić information content (AvgIpc) is 3.05. The summed E-state index contributed by atoms with van der Waals surface area (Å²) in [6, 6.07) is 8.57. The number of thiocarbonyl (C=S) groups is 1. The molecule has 0 bridgehead atoms. The van der Waals surface area contributed by atoms with Gasteiger partial charge in [-0.05, 0) is 25.0 Å². The number of amides is 1. The van der Waals surface area contributed by atoms with Crippen molar-refractivity contribution < 1.29 is 4.79 Å². The monoisotopic (exact) mass is 362 g/mol. The quantitative estimate of drug-likeness (QED) is 0.537. The Morgan fingerprint density at radius 3 is 2.61 bits per heavy atom. The van der Waals surface area contributed by atoms with Crippen molar-refractivity contribution in [1.29, 1.82) is 0 Å². The van der Waals surface area contributed by atoms with E-state index in [2.05, 4.69) is 17.0 Å². The summed E-state index contributed by atoms with van der Waals surface area (Å²) in [7, 11) is 2.03. The molecule has 0 unspecified atom stereocenters. The minimum absolute atomic E-state index is 0.106. The molecule has 0 radical (unpaired) electrons. The molecule has 4 rings (SSSR count). The molecule has 1 aliphatic carbocycles. The normalized spacial score (nSPS) is 25.4. The number of fused-ring (bicyclic) bond motifs is 1. The Balaban J connectivity index is 1.66. The first-order chi connectivity index (χ1) is 11.2. The van der Waals surface area contributed by atoms with Gasteiger partial charge in [0.1, 0.15) is 9.23 Å². The zero-order chi connectivity index (χ0) is 16.0. The molecular formula is C17H18N2OS3. The van der Waals surface area contributed by atoms with E-state index < -0.39 is 0 Å². The molecule has 1 aromatic rings. The van der Waals surface area contributed by atoms with Crippen LogP contribution >= 0.6 is 35.7 Å². The molecule has 0 aromatic heterocycles. The molecular weight excluding hydrogens is 344 g/mol. The van der Waals surface area contributed by atoms with E-state index in [-0.39, 0.29) is 5.91 Å². The Labute approximate surface area is 150 Å². The van der Waals surface area contributed by atoms with Crippen LogP contribution < -0.4 is 4.90 Å². The molecule has 6 heteroatoms. The van der Waals surface area contributed by atoms with Crippen LogP contribution in [-0.2, 0) is 4.79 Å². The van der Waals surface area contributed by atoms with Crippen molar-refractivity contribution in [2.75, 3.05) is 11.9 Å². The molecule has 120 valence electrons. The number of para-hydroxylation sites is 1. The maximum absolute atomic E-state index is 13.0. The highest BCUT2D eigenvalue weighted by Gasteiger charge is 2.41. The van der Waals surface area contributed by atoms with Gasteiger partial charge in [0, 0.05) is 18.0 Å². The third kappa shape index (κ3) is 2.61. The lowest BCUT2D eigenvalue weighted by Gasteiger charge is -2.30. The third-order valence-corrected chi connectivity index (χ3v) is 7.43. The molecule has 23 heavy (non-hydrogen) atoms. The number of hydrogen-bond donors (Lipinski definition) is 0. The predicted molar refractivity (Wildman–Crippen MR) is 102 cm³/mol. The van der Waals surface area contributed by atoms with Gasteiger partial charge in [-0.1, -0.05) is 67.1 Å². The Morgan fingerprint density at radius 1 is 1.13 bits per heavy atom. The fourth-order valence-corrected chi connectivity index (χ4v) is 6.19. The number of thioether (sulfide) groups is 2. The third-order valence-electron chi connectivity index (χ3n) is 4.67. The standard InChI is InChI=1S/C17H18N2OS3/c1-18-12-9-5-6-10-13(12)22-16(18)14-15(20)19(17(21)23-14)11-7-3-2-4-8-11/h5-6,9-11H,2-4,7-8H2,1H3. The van der Waals surface area contributed by atoms with Crippen LogP contribution in [-0.4, -0.2) is 28.2 Å². The summed E-state index contributed by atoms with van der Waals surface area (Å²) in [4.78, 5) is 19.0. The molecule has 1 saturated carbocycles. The van der Waals surface area contributed by atoms with E-state index in [0.29, 0.717) is 6.04 Å². The first-order valence-corrected chi connectivity index (χ1v) is 10.0. The highest BCUT2D eigenvalue weighted by molar-refractivity contribution is 8.27. The van der Waals surface area contributed by atoms with Gasteiger partial charge in [-0.3, -0.25) is 9.69 Å². The van der Waals surface area contributed by atoms with Crippen LogP contribution in [0.4, 0.5) is 5.69 Å². The second kappa shape index (κ2) is 6.15. The van der Waals surface area contributed by atoms with E-state index in [1.54, 1.807) is 11.8 Å². The van der Waals surface area contributed by atoms with E-state index in [4.69, 9.17) is 12.2 Å². The molecule has 2 heterocycles. The van der Waals surface area contributed by atoms with Gasteiger partial charge in [0.05, 0.1) is 10.7 Å². The van der Waals surface area contributed by atoms with E-state index in [0.717, 1.165) is 32.8 Å². The fourth-order valence-electron chi connectivity index (χ4n) is 3.46. The van der Waals surface area contributed by atoms with E-state index in [1.807, 2.05) is 24.1 Å². The van der Waals surface area contributed by atoms with Crippen molar-refractivity contribution in [2.24, 2.45) is 0 Å². The fraction of sp³-hybridized carbons (Fsp3) is 0.412. The summed E-state index contributed by atoms with van der Waals surface area (Å²) >= 11 is 8.69. The number of carbonyl (C=O) groups is 1. The molecule has 1 aromatic carbocycles. The van der Waals surface area contributed by atoms with Gasteiger partial charge in [-0.2, -0.15) is 0 Å². The summed E-state index contributed by atoms with van der Waals surface area (Å²) in [5, 5.41) is 1.02. The molecule has 1 saturated heterocycles. The van der Waals surface area contributed by atoms with Gasteiger partial charge in [0.2, 0.25) is 0 Å². The number of nitrogens with zero attached hydrogens (tertiary/aromatic N) is 2. The van der Waals surface area contributed by atoms with Crippen molar-refractivity contribution in [3.63, 3.8) is 0 Å². The molecule has 3 nitrogen and oxygen atoms in total. The van der Waals surface area contributed by atoms with Crippen LogP contribution in [0.3, 0.4) is 0 Å². The Morgan fingerprint density at radius 2 is 1.87 bits per heavy atom. The lowest BCUT2D eigenvalue weighted by atomic mass is 9.94. The minimum Gasteiger partial charge on any atom is -0.337 e. The number of anilines is 1. The van der Waals surface area contributed by atoms with Crippen molar-refractivity contribution in [3.8, 4) is 0 Å². The van der Waals surface area contributed by atoms with Crippen LogP contribution in [0.1, 0.15) is 32.1 Å². The van der Waals surface area contributed by atoms with Crippen LogP contribution in [0.5, 0.6) is 0 Å². The van der Waals surface area contributed by atoms with Gasteiger partial charge >= 0.3 is 0 Å². The SMILES string of the molecule is CN1C(=C2SC(=S)N(C3CCCCC3)C2=O)Sc2ccccc21. The smallest absolute Gasteiger partial charge is 0.269 e. The van der Waals surface area contributed by atoms with Crippen LogP contribution in [0.25, 0.3) is 0 Å². The molecule has 2 fully saturated rings. The Bertz CT molecular complexity index is 710. The maximum Gasteiger partial charge on any atom is 0.269 e. The van der Waals surface area contributed by atoms with Crippen LogP contribution in [0.2, 0.25) is 0 Å². The van der Waals surface area contributed by atoms with Gasteiger partial charge in [-0.15, -0.1) is 0 Å². The maximum atomic E-state index is 13.0. The minimum atomic E-state index is 0.106. The lowest BCUT2D eigenvalue weighted by Crippen LogP contribution is -2.40. The summed E-state index contributed by atoms with van der Waals surface area (Å²) in [5.41, 5.74) is 1.16. The predicted octanol–water partition coefficient (Wildman–Crippen LogP) is 4.59. The number of benzene rings is 1. The molecule has 0 spiro atoms.